The Hall–Kier alpha value is -0.0800. The highest BCUT2D eigenvalue weighted by atomic mass is 15.2. The fourth-order valence-electron chi connectivity index (χ4n) is 4.15. The predicted octanol–water partition coefficient (Wildman–Crippen LogP) is 4.06. The first-order valence-electron chi connectivity index (χ1n) is 9.16. The minimum Gasteiger partial charge on any atom is -0.312 e. The summed E-state index contributed by atoms with van der Waals surface area (Å²) in [6.07, 6.45) is 11.5. The van der Waals surface area contributed by atoms with E-state index in [9.17, 15) is 0 Å². The second kappa shape index (κ2) is 8.38. The van der Waals surface area contributed by atoms with Gasteiger partial charge in [0.1, 0.15) is 0 Å². The van der Waals surface area contributed by atoms with Gasteiger partial charge in [-0.05, 0) is 44.1 Å². The van der Waals surface area contributed by atoms with Crippen LogP contribution < -0.4 is 5.32 Å². The lowest BCUT2D eigenvalue weighted by Crippen LogP contribution is -2.53. The number of rotatable bonds is 6. The van der Waals surface area contributed by atoms with E-state index in [0.717, 1.165) is 23.9 Å². The molecule has 1 saturated carbocycles. The number of likely N-dealkylation sites (tertiary alicyclic amines) is 1. The molecule has 0 spiro atoms. The molecule has 1 saturated heterocycles. The van der Waals surface area contributed by atoms with E-state index in [0.29, 0.717) is 0 Å². The van der Waals surface area contributed by atoms with Crippen molar-refractivity contribution in [3.63, 3.8) is 0 Å². The van der Waals surface area contributed by atoms with Gasteiger partial charge in [-0.25, -0.2) is 0 Å². The lowest BCUT2D eigenvalue weighted by molar-refractivity contribution is 0.0736. The van der Waals surface area contributed by atoms with Gasteiger partial charge in [0.2, 0.25) is 0 Å². The minimum absolute atomic E-state index is 0.740. The van der Waals surface area contributed by atoms with Crippen LogP contribution >= 0.6 is 0 Å². The molecule has 0 aromatic heterocycles. The van der Waals surface area contributed by atoms with Crippen LogP contribution in [-0.4, -0.2) is 36.6 Å². The molecule has 0 aromatic rings. The molecule has 2 rings (SSSR count). The van der Waals surface area contributed by atoms with Gasteiger partial charge in [0.15, 0.2) is 0 Å². The van der Waals surface area contributed by atoms with Crippen molar-refractivity contribution >= 4 is 0 Å². The van der Waals surface area contributed by atoms with Crippen LogP contribution in [-0.2, 0) is 0 Å². The Morgan fingerprint density at radius 2 is 1.85 bits per heavy atom. The molecule has 118 valence electrons. The van der Waals surface area contributed by atoms with E-state index in [4.69, 9.17) is 0 Å². The van der Waals surface area contributed by atoms with Gasteiger partial charge in [0, 0.05) is 25.2 Å². The summed E-state index contributed by atoms with van der Waals surface area (Å²) in [5.41, 5.74) is 0. The predicted molar refractivity (Wildman–Crippen MR) is 88.1 cm³/mol. The van der Waals surface area contributed by atoms with Gasteiger partial charge in [-0.3, -0.25) is 4.90 Å². The van der Waals surface area contributed by atoms with E-state index < -0.39 is 0 Å². The molecular formula is C18H36N2. The summed E-state index contributed by atoms with van der Waals surface area (Å²) in [7, 11) is 0. The number of hydrogen-bond acceptors (Lipinski definition) is 2. The summed E-state index contributed by atoms with van der Waals surface area (Å²) in [4.78, 5) is 2.85. The number of hydrogen-bond donors (Lipinski definition) is 1. The van der Waals surface area contributed by atoms with Gasteiger partial charge in [-0.15, -0.1) is 0 Å². The Kier molecular flexibility index (Phi) is 6.83. The van der Waals surface area contributed by atoms with E-state index in [1.54, 1.807) is 0 Å². The summed E-state index contributed by atoms with van der Waals surface area (Å²) in [6, 6.07) is 1.64. The van der Waals surface area contributed by atoms with Crippen molar-refractivity contribution < 1.29 is 0 Å². The lowest BCUT2D eigenvalue weighted by Gasteiger charge is -2.44. The maximum atomic E-state index is 3.84. The first-order valence-corrected chi connectivity index (χ1v) is 9.16. The zero-order chi connectivity index (χ0) is 14.4. The van der Waals surface area contributed by atoms with E-state index >= 15 is 0 Å². The van der Waals surface area contributed by atoms with E-state index in [1.165, 1.54) is 71.0 Å². The highest BCUT2D eigenvalue weighted by molar-refractivity contribution is 4.88. The third-order valence-corrected chi connectivity index (χ3v) is 5.17. The van der Waals surface area contributed by atoms with Crippen LogP contribution in [0.3, 0.4) is 0 Å². The minimum atomic E-state index is 0.740. The molecule has 1 aliphatic heterocycles. The zero-order valence-corrected chi connectivity index (χ0v) is 14.0. The van der Waals surface area contributed by atoms with Crippen molar-refractivity contribution in [2.24, 2.45) is 11.8 Å². The second-order valence-electron chi connectivity index (χ2n) is 7.64. The molecule has 2 aliphatic rings. The van der Waals surface area contributed by atoms with Gasteiger partial charge in [0.05, 0.1) is 0 Å². The highest BCUT2D eigenvalue weighted by Gasteiger charge is 2.31. The molecule has 0 amide bonds. The van der Waals surface area contributed by atoms with E-state index in [-0.39, 0.29) is 0 Å². The molecule has 0 aromatic carbocycles. The fourth-order valence-corrected chi connectivity index (χ4v) is 4.15. The van der Waals surface area contributed by atoms with Gasteiger partial charge in [0.25, 0.3) is 0 Å². The highest BCUT2D eigenvalue weighted by Crippen LogP contribution is 2.29. The summed E-state index contributed by atoms with van der Waals surface area (Å²) < 4.78 is 0. The molecule has 2 unspecified atom stereocenters. The quantitative estimate of drug-likeness (QED) is 0.789. The van der Waals surface area contributed by atoms with Crippen molar-refractivity contribution in [2.75, 3.05) is 19.6 Å². The smallest absolute Gasteiger partial charge is 0.0198 e. The maximum Gasteiger partial charge on any atom is 0.0198 e. The molecular weight excluding hydrogens is 244 g/mol. The first kappa shape index (κ1) is 16.3. The molecule has 20 heavy (non-hydrogen) atoms. The molecule has 2 heteroatoms. The van der Waals surface area contributed by atoms with Crippen molar-refractivity contribution in [3.8, 4) is 0 Å². The number of nitrogens with one attached hydrogen (secondary N) is 1. The average molecular weight is 280 g/mol. The van der Waals surface area contributed by atoms with E-state index in [2.05, 4.69) is 31.0 Å². The Morgan fingerprint density at radius 1 is 1.10 bits per heavy atom. The van der Waals surface area contributed by atoms with Crippen LogP contribution in [0.2, 0.25) is 0 Å². The van der Waals surface area contributed by atoms with Crippen molar-refractivity contribution in [3.05, 3.63) is 0 Å². The largest absolute Gasteiger partial charge is 0.312 e. The Bertz CT molecular complexity index is 258. The molecule has 0 bridgehead atoms. The van der Waals surface area contributed by atoms with E-state index in [1.807, 2.05) is 0 Å². The van der Waals surface area contributed by atoms with Gasteiger partial charge < -0.3 is 5.32 Å². The lowest BCUT2D eigenvalue weighted by atomic mass is 9.86. The third-order valence-electron chi connectivity index (χ3n) is 5.17. The fraction of sp³-hybridized carbons (Fsp3) is 1.00. The number of nitrogens with zero attached hydrogens (tertiary/aromatic N) is 1. The van der Waals surface area contributed by atoms with Crippen LogP contribution in [0.1, 0.15) is 72.1 Å². The Morgan fingerprint density at radius 3 is 2.50 bits per heavy atom. The maximum absolute atomic E-state index is 3.84. The summed E-state index contributed by atoms with van der Waals surface area (Å²) >= 11 is 0. The normalized spacial score (nSPS) is 30.0. The van der Waals surface area contributed by atoms with Gasteiger partial charge in [-0.1, -0.05) is 46.5 Å². The number of piperidine rings is 1. The van der Waals surface area contributed by atoms with Crippen LogP contribution in [0.5, 0.6) is 0 Å². The van der Waals surface area contributed by atoms with Crippen molar-refractivity contribution in [1.29, 1.82) is 0 Å². The standard InChI is InChI=1S/C18H36N2/c1-4-8-16-11-17(19-12-15(2)3)14-20(13-16)18-9-6-5-7-10-18/h15-19H,4-14H2,1-3H3. The van der Waals surface area contributed by atoms with Crippen LogP contribution in [0.25, 0.3) is 0 Å². The molecule has 2 atom stereocenters. The van der Waals surface area contributed by atoms with Gasteiger partial charge >= 0.3 is 0 Å². The first-order chi connectivity index (χ1) is 9.69. The molecule has 1 aliphatic carbocycles. The van der Waals surface area contributed by atoms with Crippen LogP contribution in [0.15, 0.2) is 0 Å². The summed E-state index contributed by atoms with van der Waals surface area (Å²) in [6.45, 7) is 10.8. The second-order valence-corrected chi connectivity index (χ2v) is 7.64. The Labute approximate surface area is 126 Å². The third kappa shape index (κ3) is 5.04. The van der Waals surface area contributed by atoms with Crippen LogP contribution in [0.4, 0.5) is 0 Å². The van der Waals surface area contributed by atoms with Crippen molar-refractivity contribution in [2.45, 2.75) is 84.2 Å². The molecule has 2 fully saturated rings. The monoisotopic (exact) mass is 280 g/mol. The van der Waals surface area contributed by atoms with Crippen LogP contribution in [0, 0.1) is 11.8 Å². The molecule has 2 nitrogen and oxygen atoms in total. The molecule has 1 heterocycles. The van der Waals surface area contributed by atoms with Crippen molar-refractivity contribution in [1.82, 2.24) is 10.2 Å². The average Bonchev–Trinajstić information content (AvgIpc) is 2.46. The zero-order valence-electron chi connectivity index (χ0n) is 14.0. The summed E-state index contributed by atoms with van der Waals surface area (Å²) in [5, 5.41) is 3.84. The van der Waals surface area contributed by atoms with Gasteiger partial charge in [-0.2, -0.15) is 0 Å². The summed E-state index contributed by atoms with van der Waals surface area (Å²) in [5.74, 6) is 1.70. The molecule has 0 radical (unpaired) electrons. The Balaban J connectivity index is 1.88. The SMILES string of the molecule is CCCC1CC(NCC(C)C)CN(C2CCCCC2)C1. The topological polar surface area (TPSA) is 15.3 Å². The molecule has 1 N–H and O–H groups in total.